The fraction of sp³-hybridized carbons (Fsp3) is 0.600. The van der Waals surface area contributed by atoms with E-state index in [1.54, 1.807) is 12.4 Å². The van der Waals surface area contributed by atoms with Crippen LogP contribution < -0.4 is 4.90 Å². The second-order valence-corrected chi connectivity index (χ2v) is 2.92. The first-order valence-corrected chi connectivity index (χ1v) is 4.82. The van der Waals surface area contributed by atoms with Crippen LogP contribution in [0.2, 0.25) is 0 Å². The topological polar surface area (TPSA) is 29.0 Å². The lowest BCUT2D eigenvalue weighted by molar-refractivity contribution is 0.721. The number of hydrogen-bond donors (Lipinski definition) is 0. The largest absolute Gasteiger partial charge is 0.355 e. The van der Waals surface area contributed by atoms with Crippen LogP contribution in [-0.4, -0.2) is 23.1 Å². The zero-order valence-electron chi connectivity index (χ0n) is 8.32. The van der Waals surface area contributed by atoms with Gasteiger partial charge in [0.15, 0.2) is 5.82 Å². The van der Waals surface area contributed by atoms with Crippen LogP contribution in [-0.2, 0) is 0 Å². The van der Waals surface area contributed by atoms with Crippen molar-refractivity contribution in [2.24, 2.45) is 0 Å². The Kier molecular flexibility index (Phi) is 4.23. The minimum absolute atomic E-state index is 0.860. The van der Waals surface area contributed by atoms with Gasteiger partial charge < -0.3 is 4.90 Å². The van der Waals surface area contributed by atoms with Gasteiger partial charge in [0.2, 0.25) is 0 Å². The standard InChI is InChI=1S/C10H16N3/c1-3-5-8-13(4-2)10-9-11-6-7-12-10/h6-7H,3-5,8H2,1-2H3. The van der Waals surface area contributed by atoms with Gasteiger partial charge in [0.25, 0.3) is 0 Å². The van der Waals surface area contributed by atoms with E-state index >= 15 is 0 Å². The highest BCUT2D eigenvalue weighted by molar-refractivity contribution is 5.33. The maximum absolute atomic E-state index is 4.21. The highest BCUT2D eigenvalue weighted by Crippen LogP contribution is 2.07. The maximum Gasteiger partial charge on any atom is 0.156 e. The molecule has 1 aromatic heterocycles. The minimum Gasteiger partial charge on any atom is -0.355 e. The molecule has 71 valence electrons. The summed E-state index contributed by atoms with van der Waals surface area (Å²) in [4.78, 5) is 10.3. The summed E-state index contributed by atoms with van der Waals surface area (Å²) in [5, 5.41) is 0. The van der Waals surface area contributed by atoms with E-state index in [4.69, 9.17) is 0 Å². The van der Waals surface area contributed by atoms with Crippen molar-refractivity contribution in [3.63, 3.8) is 0 Å². The Morgan fingerprint density at radius 2 is 2.23 bits per heavy atom. The molecule has 0 N–H and O–H groups in total. The van der Waals surface area contributed by atoms with E-state index in [0.29, 0.717) is 0 Å². The third-order valence-electron chi connectivity index (χ3n) is 1.97. The molecule has 0 unspecified atom stereocenters. The summed E-state index contributed by atoms with van der Waals surface area (Å²) in [6.45, 7) is 6.32. The molecule has 0 aliphatic carbocycles. The molecule has 0 amide bonds. The third kappa shape index (κ3) is 3.01. The van der Waals surface area contributed by atoms with Crippen molar-refractivity contribution < 1.29 is 0 Å². The molecule has 1 rings (SSSR count). The number of rotatable bonds is 5. The highest BCUT2D eigenvalue weighted by Gasteiger charge is 2.03. The molecule has 1 aromatic rings. The van der Waals surface area contributed by atoms with Crippen LogP contribution in [0, 0.1) is 6.20 Å². The molecule has 0 aliphatic rings. The van der Waals surface area contributed by atoms with Crippen LogP contribution in [0.1, 0.15) is 26.7 Å². The lowest BCUT2D eigenvalue weighted by Crippen LogP contribution is -2.24. The molecule has 1 heterocycles. The molecule has 0 saturated carbocycles. The monoisotopic (exact) mass is 178 g/mol. The Labute approximate surface area is 79.8 Å². The summed E-state index contributed by atoms with van der Waals surface area (Å²) >= 11 is 0. The van der Waals surface area contributed by atoms with Crippen molar-refractivity contribution in [3.8, 4) is 0 Å². The van der Waals surface area contributed by atoms with Gasteiger partial charge in [-0.1, -0.05) is 13.3 Å². The Balaban J connectivity index is 2.56. The van der Waals surface area contributed by atoms with Crippen LogP contribution in [0.5, 0.6) is 0 Å². The summed E-state index contributed by atoms with van der Waals surface area (Å²) in [5.41, 5.74) is 0. The molecule has 3 heteroatoms. The molecule has 0 bridgehead atoms. The van der Waals surface area contributed by atoms with Crippen LogP contribution in [0.15, 0.2) is 12.4 Å². The molecule has 0 fully saturated rings. The predicted octanol–water partition coefficient (Wildman–Crippen LogP) is 1.90. The van der Waals surface area contributed by atoms with Gasteiger partial charge in [-0.2, -0.15) is 0 Å². The molecule has 0 saturated heterocycles. The number of anilines is 1. The summed E-state index contributed by atoms with van der Waals surface area (Å²) in [6, 6.07) is 0. The van der Waals surface area contributed by atoms with Crippen LogP contribution in [0.3, 0.4) is 0 Å². The number of aromatic nitrogens is 2. The second kappa shape index (κ2) is 5.51. The first-order chi connectivity index (χ1) is 6.38. The second-order valence-electron chi connectivity index (χ2n) is 2.92. The molecule has 0 aromatic carbocycles. The van der Waals surface area contributed by atoms with Gasteiger partial charge in [0.1, 0.15) is 6.20 Å². The Morgan fingerprint density at radius 1 is 1.38 bits per heavy atom. The Morgan fingerprint density at radius 3 is 2.77 bits per heavy atom. The molecule has 0 aliphatic heterocycles. The summed E-state index contributed by atoms with van der Waals surface area (Å²) in [7, 11) is 0. The number of unbranched alkanes of at least 4 members (excludes halogenated alkanes) is 1. The zero-order valence-corrected chi connectivity index (χ0v) is 8.32. The van der Waals surface area contributed by atoms with Crippen LogP contribution in [0.25, 0.3) is 0 Å². The molecule has 0 spiro atoms. The van der Waals surface area contributed by atoms with Crippen molar-refractivity contribution in [1.29, 1.82) is 0 Å². The van der Waals surface area contributed by atoms with E-state index in [-0.39, 0.29) is 0 Å². The maximum atomic E-state index is 4.21. The van der Waals surface area contributed by atoms with Gasteiger partial charge in [-0.05, 0) is 13.3 Å². The molecule has 13 heavy (non-hydrogen) atoms. The SMILES string of the molecule is CCCCN(CC)c1[c]nccn1. The first-order valence-electron chi connectivity index (χ1n) is 4.82. The average molecular weight is 178 g/mol. The molecular formula is C10H16N3. The van der Waals surface area contributed by atoms with E-state index in [1.165, 1.54) is 12.8 Å². The fourth-order valence-electron chi connectivity index (χ4n) is 1.18. The molecule has 1 radical (unpaired) electrons. The van der Waals surface area contributed by atoms with Gasteiger partial charge in [0.05, 0.1) is 0 Å². The lowest BCUT2D eigenvalue weighted by atomic mass is 10.3. The molecular weight excluding hydrogens is 162 g/mol. The van der Waals surface area contributed by atoms with Crippen molar-refractivity contribution >= 4 is 5.82 Å². The third-order valence-corrected chi connectivity index (χ3v) is 1.97. The van der Waals surface area contributed by atoms with Crippen molar-refractivity contribution in [2.45, 2.75) is 26.7 Å². The lowest BCUT2D eigenvalue weighted by Gasteiger charge is -2.20. The van der Waals surface area contributed by atoms with E-state index in [2.05, 4.69) is 34.9 Å². The summed E-state index contributed by atoms with van der Waals surface area (Å²) < 4.78 is 0. The Bertz CT molecular complexity index is 223. The fourth-order valence-corrected chi connectivity index (χ4v) is 1.18. The summed E-state index contributed by atoms with van der Waals surface area (Å²) in [5.74, 6) is 0.860. The van der Waals surface area contributed by atoms with E-state index in [9.17, 15) is 0 Å². The van der Waals surface area contributed by atoms with E-state index < -0.39 is 0 Å². The van der Waals surface area contributed by atoms with Crippen molar-refractivity contribution in [3.05, 3.63) is 18.6 Å². The zero-order chi connectivity index (χ0) is 9.52. The first kappa shape index (κ1) is 9.96. The predicted molar refractivity (Wildman–Crippen MR) is 53.7 cm³/mol. The van der Waals surface area contributed by atoms with Gasteiger partial charge >= 0.3 is 0 Å². The van der Waals surface area contributed by atoms with Gasteiger partial charge in [0, 0.05) is 25.5 Å². The van der Waals surface area contributed by atoms with Crippen molar-refractivity contribution in [1.82, 2.24) is 9.97 Å². The van der Waals surface area contributed by atoms with E-state index in [1.807, 2.05) is 0 Å². The quantitative estimate of drug-likeness (QED) is 0.689. The van der Waals surface area contributed by atoms with Gasteiger partial charge in [-0.25, -0.2) is 9.97 Å². The number of nitrogens with zero attached hydrogens (tertiary/aromatic N) is 3. The van der Waals surface area contributed by atoms with E-state index in [0.717, 1.165) is 18.9 Å². The van der Waals surface area contributed by atoms with Gasteiger partial charge in [-0.15, -0.1) is 0 Å². The minimum atomic E-state index is 0.860. The van der Waals surface area contributed by atoms with Gasteiger partial charge in [-0.3, -0.25) is 0 Å². The average Bonchev–Trinajstić information content (AvgIpc) is 2.21. The van der Waals surface area contributed by atoms with Crippen LogP contribution >= 0.6 is 0 Å². The number of hydrogen-bond acceptors (Lipinski definition) is 3. The smallest absolute Gasteiger partial charge is 0.156 e. The van der Waals surface area contributed by atoms with Crippen molar-refractivity contribution in [2.75, 3.05) is 18.0 Å². The normalized spacial score (nSPS) is 10.0. The molecule has 3 nitrogen and oxygen atoms in total. The molecule has 0 atom stereocenters. The van der Waals surface area contributed by atoms with Crippen LogP contribution in [0.4, 0.5) is 5.82 Å². The highest BCUT2D eigenvalue weighted by atomic mass is 15.2. The Hall–Kier alpha value is -1.12. The summed E-state index contributed by atoms with van der Waals surface area (Å²) in [6.07, 6.45) is 8.65.